The number of nitrogens with one attached hydrogen (secondary N) is 2. The molecule has 29 heavy (non-hydrogen) atoms. The summed E-state index contributed by atoms with van der Waals surface area (Å²) in [5.74, 6) is -0.328. The van der Waals surface area contributed by atoms with Gasteiger partial charge >= 0.3 is 0 Å². The molecular weight excluding hydrogens is 378 g/mol. The van der Waals surface area contributed by atoms with Gasteiger partial charge in [-0.1, -0.05) is 18.2 Å². The molecule has 0 aliphatic rings. The molecule has 10 heteroatoms. The van der Waals surface area contributed by atoms with Gasteiger partial charge in [0.1, 0.15) is 5.69 Å². The summed E-state index contributed by atoms with van der Waals surface area (Å²) in [6, 6.07) is 12.3. The predicted octanol–water partition coefficient (Wildman–Crippen LogP) is 2.85. The summed E-state index contributed by atoms with van der Waals surface area (Å²) >= 11 is 0. The number of rotatable bonds is 7. The van der Waals surface area contributed by atoms with E-state index >= 15 is 0 Å². The number of nitro benzene ring substituents is 1. The van der Waals surface area contributed by atoms with Gasteiger partial charge in [-0.25, -0.2) is 5.43 Å². The molecule has 3 aromatic rings. The number of nitro groups is 1. The van der Waals surface area contributed by atoms with Crippen molar-refractivity contribution in [3.63, 3.8) is 0 Å². The van der Waals surface area contributed by atoms with E-state index in [-0.39, 0.29) is 17.1 Å². The Morgan fingerprint density at radius 1 is 1.34 bits per heavy atom. The Bertz CT molecular complexity index is 1080. The number of carbonyl (C=O) groups is 1. The van der Waals surface area contributed by atoms with Crippen molar-refractivity contribution in [3.05, 3.63) is 69.9 Å². The Labute approximate surface area is 165 Å². The van der Waals surface area contributed by atoms with Crippen LogP contribution in [0.2, 0.25) is 0 Å². The highest BCUT2D eigenvalue weighted by molar-refractivity contribution is 5.94. The molecule has 3 rings (SSSR count). The van der Waals surface area contributed by atoms with E-state index in [4.69, 9.17) is 4.74 Å². The number of ether oxygens (including phenoxy) is 1. The molecule has 0 radical (unpaired) electrons. The standard InChI is InChI=1S/C19H17N5O5/c1-2-29-17-8-4-6-13(18(17)25)11-20-23-19(26)16-10-15(21-22-16)12-5-3-7-14(9-12)24(27)28/h3-11,25H,2H2,1H3,(H,21,22)(H,23,26)/b20-11-. The molecule has 0 fully saturated rings. The first kappa shape index (κ1) is 19.5. The van der Waals surface area contributed by atoms with Gasteiger partial charge in [0.15, 0.2) is 11.5 Å². The van der Waals surface area contributed by atoms with E-state index in [1.807, 2.05) is 0 Å². The van der Waals surface area contributed by atoms with Crippen LogP contribution in [-0.4, -0.2) is 39.0 Å². The lowest BCUT2D eigenvalue weighted by atomic mass is 10.1. The highest BCUT2D eigenvalue weighted by atomic mass is 16.6. The van der Waals surface area contributed by atoms with Gasteiger partial charge in [-0.3, -0.25) is 20.0 Å². The third kappa shape index (κ3) is 4.56. The van der Waals surface area contributed by atoms with Crippen LogP contribution in [0.1, 0.15) is 23.0 Å². The molecule has 3 N–H and O–H groups in total. The van der Waals surface area contributed by atoms with Gasteiger partial charge in [0.25, 0.3) is 11.6 Å². The lowest BCUT2D eigenvalue weighted by molar-refractivity contribution is -0.384. The number of non-ortho nitro benzene ring substituents is 1. The number of phenols is 1. The van der Waals surface area contributed by atoms with E-state index in [9.17, 15) is 20.0 Å². The molecule has 2 aromatic carbocycles. The van der Waals surface area contributed by atoms with Crippen molar-refractivity contribution in [2.45, 2.75) is 6.92 Å². The third-order valence-corrected chi connectivity index (χ3v) is 3.88. The number of hydrogen-bond donors (Lipinski definition) is 3. The van der Waals surface area contributed by atoms with Gasteiger partial charge < -0.3 is 9.84 Å². The molecule has 1 heterocycles. The highest BCUT2D eigenvalue weighted by Crippen LogP contribution is 2.28. The number of aromatic amines is 1. The molecule has 0 atom stereocenters. The molecule has 148 valence electrons. The largest absolute Gasteiger partial charge is 0.504 e. The molecule has 0 aliphatic heterocycles. The fourth-order valence-corrected chi connectivity index (χ4v) is 2.50. The van der Waals surface area contributed by atoms with E-state index in [2.05, 4.69) is 20.7 Å². The molecule has 1 amide bonds. The number of benzene rings is 2. The van der Waals surface area contributed by atoms with E-state index in [1.165, 1.54) is 30.5 Å². The molecule has 0 unspecified atom stereocenters. The van der Waals surface area contributed by atoms with Crippen LogP contribution in [0.5, 0.6) is 11.5 Å². The number of aromatic hydroxyl groups is 1. The van der Waals surface area contributed by atoms with E-state index in [1.54, 1.807) is 31.2 Å². The van der Waals surface area contributed by atoms with Gasteiger partial charge in [-0.2, -0.15) is 10.2 Å². The number of para-hydroxylation sites is 1. The van der Waals surface area contributed by atoms with Crippen LogP contribution in [0, 0.1) is 10.1 Å². The Morgan fingerprint density at radius 3 is 2.90 bits per heavy atom. The van der Waals surface area contributed by atoms with Crippen molar-refractivity contribution < 1.29 is 19.6 Å². The van der Waals surface area contributed by atoms with Crippen LogP contribution in [0.4, 0.5) is 5.69 Å². The summed E-state index contributed by atoms with van der Waals surface area (Å²) in [5.41, 5.74) is 3.62. The van der Waals surface area contributed by atoms with Gasteiger partial charge in [-0.05, 0) is 25.1 Å². The lowest BCUT2D eigenvalue weighted by Gasteiger charge is -2.07. The maximum atomic E-state index is 12.2. The van der Waals surface area contributed by atoms with E-state index < -0.39 is 10.8 Å². The monoisotopic (exact) mass is 395 g/mol. The normalized spacial score (nSPS) is 10.8. The Hall–Kier alpha value is -4.21. The minimum Gasteiger partial charge on any atom is -0.504 e. The zero-order chi connectivity index (χ0) is 20.8. The predicted molar refractivity (Wildman–Crippen MR) is 105 cm³/mol. The third-order valence-electron chi connectivity index (χ3n) is 3.88. The van der Waals surface area contributed by atoms with Crippen LogP contribution >= 0.6 is 0 Å². The molecule has 0 aliphatic carbocycles. The molecule has 0 spiro atoms. The number of nitrogens with zero attached hydrogens (tertiary/aromatic N) is 3. The average Bonchev–Trinajstić information content (AvgIpc) is 3.21. The summed E-state index contributed by atoms with van der Waals surface area (Å²) in [5, 5.41) is 31.4. The minimum absolute atomic E-state index is 0.0739. The SMILES string of the molecule is CCOc1cccc(/C=N\NC(=O)c2cc(-c3cccc([N+](=O)[O-])c3)n[nH]2)c1O. The van der Waals surface area contributed by atoms with E-state index in [0.717, 1.165) is 0 Å². The average molecular weight is 395 g/mol. The Kier molecular flexibility index (Phi) is 5.83. The first-order chi connectivity index (χ1) is 14.0. The maximum absolute atomic E-state index is 12.2. The van der Waals surface area contributed by atoms with Crippen molar-refractivity contribution in [3.8, 4) is 22.8 Å². The van der Waals surface area contributed by atoms with Crippen molar-refractivity contribution in [2.75, 3.05) is 6.61 Å². The van der Waals surface area contributed by atoms with Crippen LogP contribution in [0.15, 0.2) is 53.6 Å². The summed E-state index contributed by atoms with van der Waals surface area (Å²) in [6.45, 7) is 2.20. The van der Waals surface area contributed by atoms with Gasteiger partial charge in [-0.15, -0.1) is 0 Å². The molecule has 0 saturated heterocycles. The van der Waals surface area contributed by atoms with Gasteiger partial charge in [0, 0.05) is 23.3 Å². The molecular formula is C19H17N5O5. The summed E-state index contributed by atoms with van der Waals surface area (Å²) in [4.78, 5) is 22.6. The zero-order valence-corrected chi connectivity index (χ0v) is 15.3. The number of carbonyl (C=O) groups excluding carboxylic acids is 1. The van der Waals surface area contributed by atoms with Crippen molar-refractivity contribution in [1.82, 2.24) is 15.6 Å². The second kappa shape index (κ2) is 8.65. The molecule has 10 nitrogen and oxygen atoms in total. The van der Waals surface area contributed by atoms with Crippen molar-refractivity contribution in [2.24, 2.45) is 5.10 Å². The van der Waals surface area contributed by atoms with Crippen LogP contribution < -0.4 is 10.2 Å². The first-order valence-electron chi connectivity index (χ1n) is 8.58. The number of amides is 1. The van der Waals surface area contributed by atoms with Crippen molar-refractivity contribution >= 4 is 17.8 Å². The smallest absolute Gasteiger partial charge is 0.289 e. The Balaban J connectivity index is 1.70. The van der Waals surface area contributed by atoms with E-state index in [0.29, 0.717) is 29.2 Å². The summed E-state index contributed by atoms with van der Waals surface area (Å²) < 4.78 is 5.29. The summed E-state index contributed by atoms with van der Waals surface area (Å²) in [7, 11) is 0. The second-order valence-electron chi connectivity index (χ2n) is 5.80. The zero-order valence-electron chi connectivity index (χ0n) is 15.3. The highest BCUT2D eigenvalue weighted by Gasteiger charge is 2.13. The first-order valence-corrected chi connectivity index (χ1v) is 8.58. The molecule has 0 saturated carbocycles. The molecule has 0 bridgehead atoms. The van der Waals surface area contributed by atoms with Gasteiger partial charge in [0.2, 0.25) is 0 Å². The number of hydrogen-bond acceptors (Lipinski definition) is 7. The maximum Gasteiger partial charge on any atom is 0.289 e. The minimum atomic E-state index is -0.564. The lowest BCUT2D eigenvalue weighted by Crippen LogP contribution is -2.18. The molecule has 1 aromatic heterocycles. The van der Waals surface area contributed by atoms with Gasteiger partial charge in [0.05, 0.1) is 23.4 Å². The number of H-pyrrole nitrogens is 1. The number of hydrazone groups is 1. The van der Waals surface area contributed by atoms with Crippen LogP contribution in [-0.2, 0) is 0 Å². The summed E-state index contributed by atoms with van der Waals surface area (Å²) in [6.07, 6.45) is 1.29. The van der Waals surface area contributed by atoms with Crippen LogP contribution in [0.25, 0.3) is 11.3 Å². The van der Waals surface area contributed by atoms with Crippen molar-refractivity contribution in [1.29, 1.82) is 0 Å². The van der Waals surface area contributed by atoms with Crippen LogP contribution in [0.3, 0.4) is 0 Å². The second-order valence-corrected chi connectivity index (χ2v) is 5.80. The quantitative estimate of drug-likeness (QED) is 0.319. The number of aromatic nitrogens is 2. The topological polar surface area (TPSA) is 143 Å². The number of phenolic OH excluding ortho intramolecular Hbond substituents is 1. The fourth-order valence-electron chi connectivity index (χ4n) is 2.50. The Morgan fingerprint density at radius 2 is 2.14 bits per heavy atom. The fraction of sp³-hybridized carbons (Fsp3) is 0.105.